The van der Waals surface area contributed by atoms with Crippen molar-refractivity contribution in [2.45, 2.75) is 83.0 Å². The Morgan fingerprint density at radius 2 is 1.93 bits per heavy atom. The minimum atomic E-state index is -1.04. The van der Waals surface area contributed by atoms with E-state index in [0.29, 0.717) is 25.7 Å². The molecular formula is C21H39NO6. The van der Waals surface area contributed by atoms with Gasteiger partial charge in [-0.15, -0.1) is 0 Å². The van der Waals surface area contributed by atoms with E-state index in [1.165, 1.54) is 7.11 Å². The van der Waals surface area contributed by atoms with Crippen molar-refractivity contribution in [3.63, 3.8) is 0 Å². The number of carbonyl (C=O) groups excluding carboxylic acids is 1. The lowest BCUT2D eigenvalue weighted by Gasteiger charge is -2.19. The van der Waals surface area contributed by atoms with Crippen LogP contribution in [0.3, 0.4) is 0 Å². The maximum atomic E-state index is 10.3. The van der Waals surface area contributed by atoms with Crippen molar-refractivity contribution >= 4 is 5.97 Å². The van der Waals surface area contributed by atoms with Crippen LogP contribution in [0.15, 0.2) is 24.3 Å². The predicted octanol–water partition coefficient (Wildman–Crippen LogP) is 0.498. The number of rotatable bonds is 12. The van der Waals surface area contributed by atoms with Gasteiger partial charge in [0.1, 0.15) is 0 Å². The van der Waals surface area contributed by atoms with Gasteiger partial charge in [-0.1, -0.05) is 50.5 Å². The predicted molar refractivity (Wildman–Crippen MR) is 105 cm³/mol. The molecule has 1 rings (SSSR count). The molecule has 1 aliphatic carbocycles. The first-order chi connectivity index (χ1) is 13.4. The van der Waals surface area contributed by atoms with Crippen molar-refractivity contribution in [1.29, 1.82) is 0 Å². The molecule has 7 nitrogen and oxygen atoms in total. The number of aliphatic hydroxyl groups excluding tert-OH is 3. The number of quaternary nitrogens is 1. The second-order valence-corrected chi connectivity index (χ2v) is 7.32. The van der Waals surface area contributed by atoms with E-state index in [1.54, 1.807) is 6.08 Å². The summed E-state index contributed by atoms with van der Waals surface area (Å²) in [5.74, 6) is 1.71. The molecule has 1 aliphatic rings. The molecule has 5 atom stereocenters. The topological polar surface area (TPSA) is 138 Å². The molecule has 0 aromatic rings. The number of hydrogen-bond donors (Lipinski definition) is 4. The molecule has 28 heavy (non-hydrogen) atoms. The highest BCUT2D eigenvalue weighted by molar-refractivity contribution is 5.64. The van der Waals surface area contributed by atoms with Gasteiger partial charge in [0.15, 0.2) is 0 Å². The number of carboxylic acid groups (broad SMARTS) is 1. The largest absolute Gasteiger partial charge is 0.550 e. The van der Waals surface area contributed by atoms with Gasteiger partial charge in [0.05, 0.1) is 25.4 Å². The number of aliphatic carboxylic acids is 1. The van der Waals surface area contributed by atoms with Crippen molar-refractivity contribution in [2.24, 2.45) is 11.8 Å². The van der Waals surface area contributed by atoms with Crippen molar-refractivity contribution in [1.82, 2.24) is 0 Å². The Balaban J connectivity index is 0.00000227. The molecule has 0 radical (unpaired) electrons. The van der Waals surface area contributed by atoms with Gasteiger partial charge in [-0.25, -0.2) is 10.7 Å². The van der Waals surface area contributed by atoms with Crippen LogP contribution < -0.4 is 11.0 Å². The highest BCUT2D eigenvalue weighted by atomic mass is 16.6. The zero-order valence-corrected chi connectivity index (χ0v) is 17.3. The van der Waals surface area contributed by atoms with Crippen molar-refractivity contribution in [2.75, 3.05) is 7.11 Å². The lowest BCUT2D eigenvalue weighted by Crippen LogP contribution is -2.46. The number of aliphatic hydroxyl groups is 3. The number of allylic oxidation sites excluding steroid dienone is 2. The van der Waals surface area contributed by atoms with E-state index in [2.05, 4.69) is 17.7 Å². The monoisotopic (exact) mass is 401 g/mol. The van der Waals surface area contributed by atoms with Gasteiger partial charge in [-0.2, -0.15) is 0 Å². The Hall–Kier alpha value is -1.25. The highest BCUT2D eigenvalue weighted by Crippen LogP contribution is 2.36. The minimum absolute atomic E-state index is 0.0520. The van der Waals surface area contributed by atoms with Gasteiger partial charge < -0.3 is 25.2 Å². The Kier molecular flexibility index (Phi) is 15.9. The van der Waals surface area contributed by atoms with Gasteiger partial charge in [0.25, 0.3) is 0 Å². The second-order valence-electron chi connectivity index (χ2n) is 7.32. The fourth-order valence-electron chi connectivity index (χ4n) is 3.40. The van der Waals surface area contributed by atoms with Crippen LogP contribution in [-0.4, -0.2) is 46.7 Å². The molecule has 0 aromatic heterocycles. The second kappa shape index (κ2) is 16.7. The van der Waals surface area contributed by atoms with Gasteiger partial charge in [0.2, 0.25) is 0 Å². The van der Waals surface area contributed by atoms with Crippen LogP contribution in [-0.2, 0) is 9.63 Å². The zero-order valence-electron chi connectivity index (χ0n) is 17.3. The molecule has 0 bridgehead atoms. The van der Waals surface area contributed by atoms with E-state index >= 15 is 0 Å². The Morgan fingerprint density at radius 1 is 1.25 bits per heavy atom. The maximum absolute atomic E-state index is 10.3. The molecule has 0 aromatic carbocycles. The lowest BCUT2D eigenvalue weighted by molar-refractivity contribution is -0.679. The van der Waals surface area contributed by atoms with E-state index in [4.69, 9.17) is 0 Å². The van der Waals surface area contributed by atoms with Crippen LogP contribution in [0.5, 0.6) is 0 Å². The first-order valence-corrected chi connectivity index (χ1v) is 10.2. The van der Waals surface area contributed by atoms with E-state index in [-0.39, 0.29) is 18.3 Å². The summed E-state index contributed by atoms with van der Waals surface area (Å²) < 4.78 is 0. The Morgan fingerprint density at radius 3 is 2.54 bits per heavy atom. The maximum Gasteiger partial charge on any atom is 0.0951 e. The fraction of sp³-hybridized carbons (Fsp3) is 0.762. The lowest BCUT2D eigenvalue weighted by atomic mass is 9.89. The molecule has 0 aliphatic heterocycles. The van der Waals surface area contributed by atoms with Gasteiger partial charge in [-0.05, 0) is 38.0 Å². The number of unbranched alkanes of at least 4 members (excludes halogenated alkanes) is 3. The Bertz CT molecular complexity index is 454. The summed E-state index contributed by atoms with van der Waals surface area (Å²) in [4.78, 5) is 14.3. The van der Waals surface area contributed by atoms with Crippen molar-refractivity contribution < 1.29 is 36.0 Å². The molecule has 0 saturated heterocycles. The van der Waals surface area contributed by atoms with Crippen LogP contribution in [0.25, 0.3) is 0 Å². The van der Waals surface area contributed by atoms with Gasteiger partial charge >= 0.3 is 0 Å². The summed E-state index contributed by atoms with van der Waals surface area (Å²) in [5.41, 5.74) is 0. The molecule has 7 heteroatoms. The molecule has 5 unspecified atom stereocenters. The summed E-state index contributed by atoms with van der Waals surface area (Å²) >= 11 is 0. The standard InChI is InChI=1S/C20H34O5.CH6NO/c1-2-3-6-9-15(21)12-13-17-16(18(22)14-19(17)23)10-7-4-5-8-11-20(24)25;1-3-2/h4,7,12-13,15-19,21-23H,2-3,5-6,8-11,14H2,1H3,(H,24,25);1-2H3/q;+1/p-1. The van der Waals surface area contributed by atoms with Crippen LogP contribution >= 0.6 is 0 Å². The smallest absolute Gasteiger partial charge is 0.0951 e. The molecule has 0 spiro atoms. The van der Waals surface area contributed by atoms with Gasteiger partial charge in [0, 0.05) is 18.3 Å². The molecule has 0 amide bonds. The summed E-state index contributed by atoms with van der Waals surface area (Å²) in [6.07, 6.45) is 12.0. The molecule has 6 N–H and O–H groups in total. The number of carboxylic acids is 1. The van der Waals surface area contributed by atoms with Crippen molar-refractivity contribution in [3.8, 4) is 0 Å². The SMILES string of the molecule is CCCCCC(O)C=CC1C(O)CC(O)C1CC=CCCCC(=O)[O-].CO[NH3+]. The normalized spacial score (nSPS) is 25.8. The van der Waals surface area contributed by atoms with Crippen LogP contribution in [0.4, 0.5) is 0 Å². The first kappa shape index (κ1) is 26.8. The van der Waals surface area contributed by atoms with Crippen LogP contribution in [0.2, 0.25) is 0 Å². The first-order valence-electron chi connectivity index (χ1n) is 10.2. The number of carbonyl (C=O) groups is 1. The average molecular weight is 402 g/mol. The molecule has 164 valence electrons. The van der Waals surface area contributed by atoms with E-state index < -0.39 is 24.3 Å². The van der Waals surface area contributed by atoms with Crippen LogP contribution in [0, 0.1) is 11.8 Å². The van der Waals surface area contributed by atoms with Gasteiger partial charge in [-0.3, -0.25) is 0 Å². The third-order valence-corrected chi connectivity index (χ3v) is 4.90. The van der Waals surface area contributed by atoms with Crippen molar-refractivity contribution in [3.05, 3.63) is 24.3 Å². The third-order valence-electron chi connectivity index (χ3n) is 4.90. The highest BCUT2D eigenvalue weighted by Gasteiger charge is 2.39. The quantitative estimate of drug-likeness (QED) is 0.213. The summed E-state index contributed by atoms with van der Waals surface area (Å²) in [7, 11) is 1.51. The average Bonchev–Trinajstić information content (AvgIpc) is 2.89. The summed E-state index contributed by atoms with van der Waals surface area (Å²) in [6.45, 7) is 2.12. The van der Waals surface area contributed by atoms with E-state index in [0.717, 1.165) is 25.7 Å². The molecular weight excluding hydrogens is 362 g/mol. The molecule has 1 saturated carbocycles. The minimum Gasteiger partial charge on any atom is -0.550 e. The summed E-state index contributed by atoms with van der Waals surface area (Å²) in [5, 5.41) is 40.7. The summed E-state index contributed by atoms with van der Waals surface area (Å²) in [6, 6.07) is 0. The third kappa shape index (κ3) is 12.3. The number of hydrogen-bond acceptors (Lipinski definition) is 6. The fourth-order valence-corrected chi connectivity index (χ4v) is 3.40. The molecule has 1 fully saturated rings. The zero-order chi connectivity index (χ0) is 21.4. The molecule has 0 heterocycles. The van der Waals surface area contributed by atoms with Crippen LogP contribution in [0.1, 0.15) is 64.7 Å². The van der Waals surface area contributed by atoms with E-state index in [9.17, 15) is 25.2 Å². The Labute approximate surface area is 168 Å². The van der Waals surface area contributed by atoms with E-state index in [1.807, 2.05) is 18.2 Å².